The van der Waals surface area contributed by atoms with Crippen molar-refractivity contribution in [3.05, 3.63) is 190 Å². The Hall–Kier alpha value is -6.66. The lowest BCUT2D eigenvalue weighted by molar-refractivity contribution is -0.124. The Morgan fingerprint density at radius 2 is 0.768 bits per heavy atom. The summed E-state index contributed by atoms with van der Waals surface area (Å²) < 4.78 is 0. The monoisotopic (exact) mass is 734 g/mol. The molecular weight excluding hydrogens is 689 g/mol. The largest absolute Gasteiger partial charge is 0.310 e. The molecule has 2 aliphatic heterocycles. The van der Waals surface area contributed by atoms with Crippen molar-refractivity contribution in [2.24, 2.45) is 0 Å². The minimum atomic E-state index is -0.146. The summed E-state index contributed by atoms with van der Waals surface area (Å²) >= 11 is 0. The summed E-state index contributed by atoms with van der Waals surface area (Å²) in [6.45, 7) is 13.3. The number of anilines is 6. The summed E-state index contributed by atoms with van der Waals surface area (Å²) in [6.07, 6.45) is 0. The lowest BCUT2D eigenvalue weighted by Gasteiger charge is -2.28. The molecule has 0 atom stereocenters. The van der Waals surface area contributed by atoms with E-state index in [1.165, 1.54) is 22.3 Å². The first-order chi connectivity index (χ1) is 27.2. The van der Waals surface area contributed by atoms with E-state index in [2.05, 4.69) is 122 Å². The Morgan fingerprint density at radius 1 is 0.429 bits per heavy atom. The maximum Gasteiger partial charge on any atom is 0.261 e. The number of hydrogen-bond donors (Lipinski definition) is 0. The predicted octanol–water partition coefficient (Wildman–Crippen LogP) is 11.7. The maximum atomic E-state index is 14.4. The van der Waals surface area contributed by atoms with Gasteiger partial charge in [0.15, 0.2) is 0 Å². The molecule has 0 unspecified atom stereocenters. The molecule has 56 heavy (non-hydrogen) atoms. The Balaban J connectivity index is 1.21. The molecule has 2 heterocycles. The molecule has 278 valence electrons. The molecule has 6 aromatic carbocycles. The molecule has 2 aliphatic rings. The van der Waals surface area contributed by atoms with Crippen molar-refractivity contribution < 1.29 is 9.59 Å². The maximum absolute atomic E-state index is 14.4. The number of fused-ring (bicyclic) bond motifs is 1. The van der Waals surface area contributed by atoms with Gasteiger partial charge < -0.3 is 19.6 Å². The van der Waals surface area contributed by atoms with Crippen molar-refractivity contribution >= 4 is 57.3 Å². The van der Waals surface area contributed by atoms with Crippen LogP contribution in [0.15, 0.2) is 157 Å². The number of amides is 2. The fourth-order valence-electron chi connectivity index (χ4n) is 8.26. The third-order valence-corrected chi connectivity index (χ3v) is 10.8. The van der Waals surface area contributed by atoms with Crippen molar-refractivity contribution in [1.82, 2.24) is 9.80 Å². The number of carbonyl (C=O) groups excluding carboxylic acids is 2. The van der Waals surface area contributed by atoms with Crippen LogP contribution in [-0.2, 0) is 9.59 Å². The first kappa shape index (κ1) is 36.3. The highest BCUT2D eigenvalue weighted by atomic mass is 16.2. The summed E-state index contributed by atoms with van der Waals surface area (Å²) in [5, 5.41) is 0. The standard InChI is InChI=1S/C50H46N4O2/c1-7-51-47(37-21-25-41(26-22-37)53(39-15-11-9-12-16-39)43-29-19-33(3)31-35(43)5)45-46(49(51)55)48(52(8-2)50(45)56)38-23-27-42(28-24-38)54(40-17-13-10-14-18-40)44-30-20-34(4)32-36(44)6/h9-32H,7-8H2,1-6H3. The van der Waals surface area contributed by atoms with E-state index < -0.39 is 0 Å². The van der Waals surface area contributed by atoms with Crippen LogP contribution >= 0.6 is 0 Å². The summed E-state index contributed by atoms with van der Waals surface area (Å²) in [7, 11) is 0. The van der Waals surface area contributed by atoms with Crippen LogP contribution < -0.4 is 9.80 Å². The van der Waals surface area contributed by atoms with Crippen molar-refractivity contribution in [1.29, 1.82) is 0 Å². The average Bonchev–Trinajstić information content (AvgIpc) is 3.67. The third-order valence-electron chi connectivity index (χ3n) is 10.8. The molecule has 2 amide bonds. The highest BCUT2D eigenvalue weighted by Crippen LogP contribution is 2.47. The van der Waals surface area contributed by atoms with E-state index in [9.17, 15) is 9.59 Å². The van der Waals surface area contributed by atoms with Gasteiger partial charge in [-0.05, 0) is 124 Å². The molecule has 6 nitrogen and oxygen atoms in total. The summed E-state index contributed by atoms with van der Waals surface area (Å²) in [5.74, 6) is -0.292. The smallest absolute Gasteiger partial charge is 0.261 e. The molecule has 0 aliphatic carbocycles. The second kappa shape index (κ2) is 14.9. The summed E-state index contributed by atoms with van der Waals surface area (Å²) in [4.78, 5) is 36.9. The van der Waals surface area contributed by atoms with Gasteiger partial charge in [-0.3, -0.25) is 9.59 Å². The number of carbonyl (C=O) groups is 2. The van der Waals surface area contributed by atoms with Crippen LogP contribution in [0.3, 0.4) is 0 Å². The number of rotatable bonds is 10. The molecule has 0 saturated carbocycles. The van der Waals surface area contributed by atoms with Crippen molar-refractivity contribution in [2.75, 3.05) is 22.9 Å². The molecule has 0 aromatic heterocycles. The molecule has 6 aromatic rings. The first-order valence-corrected chi connectivity index (χ1v) is 19.4. The zero-order valence-corrected chi connectivity index (χ0v) is 32.9. The SMILES string of the molecule is CCN1C(=O)C2=C(c3ccc(N(c4ccccc4)c4ccc(C)cc4C)cc3)N(CC)C(=O)C2=C1c1ccc(N(c2ccccc2)c2ccc(C)cc2C)cc1. The molecule has 0 radical (unpaired) electrons. The quantitative estimate of drug-likeness (QED) is 0.141. The van der Waals surface area contributed by atoms with Gasteiger partial charge in [0.1, 0.15) is 0 Å². The molecule has 0 bridgehead atoms. The van der Waals surface area contributed by atoms with Crippen molar-refractivity contribution in [3.8, 4) is 0 Å². The van der Waals surface area contributed by atoms with Crippen LogP contribution in [0.1, 0.15) is 47.2 Å². The van der Waals surface area contributed by atoms with Crippen molar-refractivity contribution in [3.63, 3.8) is 0 Å². The Morgan fingerprint density at radius 3 is 1.09 bits per heavy atom. The van der Waals surface area contributed by atoms with E-state index in [-0.39, 0.29) is 11.8 Å². The van der Waals surface area contributed by atoms with Crippen LogP contribution in [0.25, 0.3) is 11.4 Å². The van der Waals surface area contributed by atoms with Gasteiger partial charge in [0.05, 0.1) is 22.5 Å². The average molecular weight is 735 g/mol. The van der Waals surface area contributed by atoms with E-state index in [0.29, 0.717) is 35.6 Å². The molecule has 0 spiro atoms. The van der Waals surface area contributed by atoms with Gasteiger partial charge >= 0.3 is 0 Å². The van der Waals surface area contributed by atoms with E-state index >= 15 is 0 Å². The van der Waals surface area contributed by atoms with Crippen LogP contribution in [0.2, 0.25) is 0 Å². The number of nitrogens with zero attached hydrogens (tertiary/aromatic N) is 4. The lowest BCUT2D eigenvalue weighted by atomic mass is 10.0. The summed E-state index contributed by atoms with van der Waals surface area (Å²) in [5.41, 5.74) is 14.9. The molecule has 0 N–H and O–H groups in total. The Bertz CT molecular complexity index is 2340. The highest BCUT2D eigenvalue weighted by molar-refractivity contribution is 6.30. The van der Waals surface area contributed by atoms with Crippen molar-refractivity contribution in [2.45, 2.75) is 41.5 Å². The molecule has 0 saturated heterocycles. The van der Waals surface area contributed by atoms with Gasteiger partial charge in [-0.15, -0.1) is 0 Å². The minimum absolute atomic E-state index is 0.146. The van der Waals surface area contributed by atoms with Crippen LogP contribution in [-0.4, -0.2) is 34.7 Å². The van der Waals surface area contributed by atoms with Gasteiger partial charge in [0.2, 0.25) is 0 Å². The van der Waals surface area contributed by atoms with E-state index in [0.717, 1.165) is 45.3 Å². The topological polar surface area (TPSA) is 47.1 Å². The number of aryl methyl sites for hydroxylation is 4. The summed E-state index contributed by atoms with van der Waals surface area (Å²) in [6, 6.07) is 50.1. The minimum Gasteiger partial charge on any atom is -0.310 e. The van der Waals surface area contributed by atoms with Crippen LogP contribution in [0.4, 0.5) is 34.1 Å². The fourth-order valence-corrected chi connectivity index (χ4v) is 8.26. The zero-order chi connectivity index (χ0) is 39.1. The van der Waals surface area contributed by atoms with Crippen LogP contribution in [0, 0.1) is 27.7 Å². The molecular formula is C50H46N4O2. The van der Waals surface area contributed by atoms with E-state index in [1.54, 1.807) is 9.80 Å². The van der Waals surface area contributed by atoms with Gasteiger partial charge in [0, 0.05) is 47.2 Å². The fraction of sp³-hybridized carbons (Fsp3) is 0.160. The van der Waals surface area contributed by atoms with Gasteiger partial charge in [-0.2, -0.15) is 0 Å². The van der Waals surface area contributed by atoms with E-state index in [1.807, 2.05) is 74.5 Å². The normalized spacial score (nSPS) is 13.9. The number of likely N-dealkylation sites (N-methyl/N-ethyl adjacent to an activating group) is 2. The van der Waals surface area contributed by atoms with Gasteiger partial charge in [-0.25, -0.2) is 0 Å². The van der Waals surface area contributed by atoms with E-state index in [4.69, 9.17) is 0 Å². The second-order valence-electron chi connectivity index (χ2n) is 14.6. The van der Waals surface area contributed by atoms with Crippen LogP contribution in [0.5, 0.6) is 0 Å². The molecule has 0 fully saturated rings. The lowest BCUT2D eigenvalue weighted by Crippen LogP contribution is -2.29. The molecule has 8 rings (SSSR count). The van der Waals surface area contributed by atoms with Gasteiger partial charge in [-0.1, -0.05) is 96.1 Å². The van der Waals surface area contributed by atoms with Gasteiger partial charge in [0.25, 0.3) is 11.8 Å². The first-order valence-electron chi connectivity index (χ1n) is 19.4. The third kappa shape index (κ3) is 6.27. The number of benzene rings is 6. The Kier molecular flexibility index (Phi) is 9.65. The highest BCUT2D eigenvalue weighted by Gasteiger charge is 2.48. The number of hydrogen-bond acceptors (Lipinski definition) is 4. The molecule has 6 heteroatoms. The predicted molar refractivity (Wildman–Crippen MR) is 230 cm³/mol. The zero-order valence-electron chi connectivity index (χ0n) is 32.9. The number of para-hydroxylation sites is 2. The second-order valence-corrected chi connectivity index (χ2v) is 14.6. The Labute approximate surface area is 330 Å².